The maximum Gasteiger partial charge on any atom is 0.341 e. The second-order valence-electron chi connectivity index (χ2n) is 7.97. The van der Waals surface area contributed by atoms with Gasteiger partial charge in [-0.3, -0.25) is 4.79 Å². The average molecular weight is 474 g/mol. The fourth-order valence-corrected chi connectivity index (χ4v) is 3.80. The zero-order valence-corrected chi connectivity index (χ0v) is 19.5. The molecule has 7 nitrogen and oxygen atoms in total. The molecule has 0 aliphatic heterocycles. The largest absolute Gasteiger partial charge is 0.465 e. The molecule has 178 valence electrons. The standard InChI is InChI=1S/C27H24FN3O4/c1-16-6-4-9-22(25(16)31-26(32)23-14-15-29-35-23)30-17(2)18-10-12-19(13-11-18)20-7-5-8-21(28)24(20)27(33)34-3/h4-15,17,30H,1-3H3,(H,31,32). The number of ether oxygens (including phenoxy) is 1. The summed E-state index contributed by atoms with van der Waals surface area (Å²) >= 11 is 0. The lowest BCUT2D eigenvalue weighted by atomic mass is 9.97. The second kappa shape index (κ2) is 10.2. The Labute approximate surface area is 201 Å². The minimum atomic E-state index is -0.725. The van der Waals surface area contributed by atoms with Crippen LogP contribution in [0.3, 0.4) is 0 Å². The van der Waals surface area contributed by atoms with Crippen LogP contribution in [0.4, 0.5) is 15.8 Å². The normalized spacial score (nSPS) is 11.5. The van der Waals surface area contributed by atoms with Gasteiger partial charge in [-0.15, -0.1) is 0 Å². The quantitative estimate of drug-likeness (QED) is 0.320. The molecule has 2 N–H and O–H groups in total. The molecule has 1 atom stereocenters. The number of amides is 1. The molecule has 0 bridgehead atoms. The number of nitrogens with one attached hydrogen (secondary N) is 2. The zero-order chi connectivity index (χ0) is 24.9. The molecule has 0 aliphatic carbocycles. The number of anilines is 2. The molecular formula is C27H24FN3O4. The van der Waals surface area contributed by atoms with E-state index in [1.54, 1.807) is 12.1 Å². The third-order valence-electron chi connectivity index (χ3n) is 5.67. The highest BCUT2D eigenvalue weighted by atomic mass is 19.1. The van der Waals surface area contributed by atoms with Crippen molar-refractivity contribution in [1.29, 1.82) is 0 Å². The Bertz CT molecular complexity index is 1350. The highest BCUT2D eigenvalue weighted by Gasteiger charge is 2.19. The number of aryl methyl sites for hydroxylation is 1. The van der Waals surface area contributed by atoms with Gasteiger partial charge in [0.05, 0.1) is 24.7 Å². The van der Waals surface area contributed by atoms with Gasteiger partial charge in [0.25, 0.3) is 5.91 Å². The summed E-state index contributed by atoms with van der Waals surface area (Å²) in [6.45, 7) is 3.89. The highest BCUT2D eigenvalue weighted by molar-refractivity contribution is 6.04. The minimum absolute atomic E-state index is 0.0965. The first-order chi connectivity index (χ1) is 16.9. The number of rotatable bonds is 7. The summed E-state index contributed by atoms with van der Waals surface area (Å²) in [5.74, 6) is -1.63. The minimum Gasteiger partial charge on any atom is -0.465 e. The molecule has 4 aromatic rings. The van der Waals surface area contributed by atoms with Crippen LogP contribution in [0.2, 0.25) is 0 Å². The molecule has 8 heteroatoms. The number of hydrogen-bond acceptors (Lipinski definition) is 6. The summed E-state index contributed by atoms with van der Waals surface area (Å²) in [5, 5.41) is 9.89. The number of carbonyl (C=O) groups is 2. The van der Waals surface area contributed by atoms with Gasteiger partial charge in [-0.2, -0.15) is 0 Å². The van der Waals surface area contributed by atoms with E-state index in [9.17, 15) is 14.0 Å². The number of hydrogen-bond donors (Lipinski definition) is 2. The summed E-state index contributed by atoms with van der Waals surface area (Å²) in [7, 11) is 1.22. The van der Waals surface area contributed by atoms with Gasteiger partial charge in [0.1, 0.15) is 11.4 Å². The monoisotopic (exact) mass is 473 g/mol. The molecule has 35 heavy (non-hydrogen) atoms. The summed E-state index contributed by atoms with van der Waals surface area (Å²) in [6, 6.07) is 19.0. The van der Waals surface area contributed by atoms with Crippen LogP contribution < -0.4 is 10.6 Å². The van der Waals surface area contributed by atoms with Crippen molar-refractivity contribution in [2.45, 2.75) is 19.9 Å². The molecule has 1 aromatic heterocycles. The maximum atomic E-state index is 14.3. The predicted molar refractivity (Wildman–Crippen MR) is 131 cm³/mol. The van der Waals surface area contributed by atoms with E-state index in [0.717, 1.165) is 16.8 Å². The number of methoxy groups -OCH3 is 1. The molecule has 1 heterocycles. The third-order valence-corrected chi connectivity index (χ3v) is 5.67. The Morgan fingerprint density at radius 1 is 1.03 bits per heavy atom. The number of benzene rings is 3. The van der Waals surface area contributed by atoms with E-state index in [1.165, 1.54) is 25.4 Å². The van der Waals surface area contributed by atoms with Gasteiger partial charge in [0.2, 0.25) is 5.76 Å². The van der Waals surface area contributed by atoms with Crippen molar-refractivity contribution in [2.24, 2.45) is 0 Å². The Hall–Kier alpha value is -4.46. The summed E-state index contributed by atoms with van der Waals surface area (Å²) < 4.78 is 24.0. The molecule has 0 fully saturated rings. The van der Waals surface area contributed by atoms with Crippen LogP contribution in [0.25, 0.3) is 11.1 Å². The number of halogens is 1. The lowest BCUT2D eigenvalue weighted by Crippen LogP contribution is -2.15. The van der Waals surface area contributed by atoms with E-state index >= 15 is 0 Å². The first kappa shape index (κ1) is 23.7. The van der Waals surface area contributed by atoms with Crippen molar-refractivity contribution < 1.29 is 23.2 Å². The van der Waals surface area contributed by atoms with E-state index in [2.05, 4.69) is 15.8 Å². The summed E-state index contributed by atoms with van der Waals surface area (Å²) in [5.41, 5.74) is 4.27. The zero-order valence-electron chi connectivity index (χ0n) is 19.5. The highest BCUT2D eigenvalue weighted by Crippen LogP contribution is 2.32. The van der Waals surface area contributed by atoms with Crippen molar-refractivity contribution in [2.75, 3.05) is 17.7 Å². The molecule has 1 amide bonds. The second-order valence-corrected chi connectivity index (χ2v) is 7.97. The lowest BCUT2D eigenvalue weighted by Gasteiger charge is -2.20. The van der Waals surface area contributed by atoms with Crippen molar-refractivity contribution in [1.82, 2.24) is 5.16 Å². The van der Waals surface area contributed by atoms with Crippen molar-refractivity contribution in [3.63, 3.8) is 0 Å². The fourth-order valence-electron chi connectivity index (χ4n) is 3.80. The molecule has 0 saturated carbocycles. The molecule has 3 aromatic carbocycles. The van der Waals surface area contributed by atoms with Gasteiger partial charge in [0, 0.05) is 12.1 Å². The Kier molecular flexibility index (Phi) is 6.91. The van der Waals surface area contributed by atoms with E-state index in [-0.39, 0.29) is 17.4 Å². The fraction of sp³-hybridized carbons (Fsp3) is 0.148. The Morgan fingerprint density at radius 3 is 2.46 bits per heavy atom. The number of carbonyl (C=O) groups excluding carboxylic acids is 2. The first-order valence-corrected chi connectivity index (χ1v) is 10.9. The van der Waals surface area contributed by atoms with E-state index < -0.39 is 17.7 Å². The first-order valence-electron chi connectivity index (χ1n) is 10.9. The van der Waals surface area contributed by atoms with Gasteiger partial charge < -0.3 is 19.9 Å². The van der Waals surface area contributed by atoms with Gasteiger partial charge in [0.15, 0.2) is 0 Å². The van der Waals surface area contributed by atoms with Crippen molar-refractivity contribution in [3.05, 3.63) is 101 Å². The number of aromatic nitrogens is 1. The van der Waals surface area contributed by atoms with Crippen molar-refractivity contribution >= 4 is 23.3 Å². The molecule has 0 radical (unpaired) electrons. The van der Waals surface area contributed by atoms with Crippen LogP contribution in [0.5, 0.6) is 0 Å². The Morgan fingerprint density at radius 2 is 1.77 bits per heavy atom. The third kappa shape index (κ3) is 5.06. The van der Waals surface area contributed by atoms with E-state index in [1.807, 2.05) is 56.3 Å². The van der Waals surface area contributed by atoms with Gasteiger partial charge in [-0.05, 0) is 48.2 Å². The molecule has 4 rings (SSSR count). The molecule has 0 spiro atoms. The van der Waals surface area contributed by atoms with Gasteiger partial charge in [-0.1, -0.05) is 53.7 Å². The lowest BCUT2D eigenvalue weighted by molar-refractivity contribution is 0.0596. The van der Waals surface area contributed by atoms with E-state index in [0.29, 0.717) is 16.8 Å². The van der Waals surface area contributed by atoms with Crippen LogP contribution in [0, 0.1) is 12.7 Å². The van der Waals surface area contributed by atoms with Crippen LogP contribution in [-0.2, 0) is 4.74 Å². The number of para-hydroxylation sites is 1. The van der Waals surface area contributed by atoms with Crippen LogP contribution >= 0.6 is 0 Å². The van der Waals surface area contributed by atoms with E-state index in [4.69, 9.17) is 9.26 Å². The maximum absolute atomic E-state index is 14.3. The average Bonchev–Trinajstić information content (AvgIpc) is 3.41. The van der Waals surface area contributed by atoms with Gasteiger partial charge >= 0.3 is 5.97 Å². The molecular weight excluding hydrogens is 449 g/mol. The summed E-state index contributed by atoms with van der Waals surface area (Å²) in [6.07, 6.45) is 1.41. The molecule has 0 aliphatic rings. The van der Waals surface area contributed by atoms with Crippen molar-refractivity contribution in [3.8, 4) is 11.1 Å². The SMILES string of the molecule is COC(=O)c1c(F)cccc1-c1ccc(C(C)Nc2cccc(C)c2NC(=O)c2ccno2)cc1. The number of nitrogens with zero attached hydrogens (tertiary/aromatic N) is 1. The van der Waals surface area contributed by atoms with Gasteiger partial charge in [-0.25, -0.2) is 9.18 Å². The summed E-state index contributed by atoms with van der Waals surface area (Å²) in [4.78, 5) is 24.6. The molecule has 1 unspecified atom stereocenters. The predicted octanol–water partition coefficient (Wildman–Crippen LogP) is 6.00. The van der Waals surface area contributed by atoms with Crippen LogP contribution in [0.15, 0.2) is 77.4 Å². The number of esters is 1. The van der Waals surface area contributed by atoms with Crippen LogP contribution in [-0.4, -0.2) is 24.1 Å². The Balaban J connectivity index is 1.56. The van der Waals surface area contributed by atoms with Crippen LogP contribution in [0.1, 0.15) is 45.0 Å². The topological polar surface area (TPSA) is 93.5 Å². The molecule has 0 saturated heterocycles. The smallest absolute Gasteiger partial charge is 0.341 e.